The Bertz CT molecular complexity index is 212. The van der Waals surface area contributed by atoms with Gasteiger partial charge in [-0.3, -0.25) is 4.79 Å². The van der Waals surface area contributed by atoms with Gasteiger partial charge in [0, 0.05) is 18.0 Å². The van der Waals surface area contributed by atoms with Crippen molar-refractivity contribution in [3.8, 4) is 0 Å². The smallest absolute Gasteiger partial charge is 0.223 e. The number of rotatable bonds is 3. The van der Waals surface area contributed by atoms with E-state index in [1.54, 1.807) is 0 Å². The Hall–Kier alpha value is -0.570. The van der Waals surface area contributed by atoms with Crippen molar-refractivity contribution in [1.29, 1.82) is 0 Å². The quantitative estimate of drug-likeness (QED) is 0.747. The zero-order valence-corrected chi connectivity index (χ0v) is 10.2. The van der Waals surface area contributed by atoms with Crippen molar-refractivity contribution in [1.82, 2.24) is 5.32 Å². The Balaban J connectivity index is 2.29. The number of carbonyl (C=O) groups excluding carboxylic acids is 1. The van der Waals surface area contributed by atoms with E-state index in [2.05, 4.69) is 12.2 Å². The van der Waals surface area contributed by atoms with Crippen LogP contribution in [0.15, 0.2) is 0 Å². The van der Waals surface area contributed by atoms with Crippen molar-refractivity contribution in [3.05, 3.63) is 0 Å². The molecule has 0 aromatic carbocycles. The molecule has 3 nitrogen and oxygen atoms in total. The molecule has 1 aliphatic carbocycles. The molecular weight excluding hydrogens is 188 g/mol. The van der Waals surface area contributed by atoms with Crippen LogP contribution in [0.5, 0.6) is 0 Å². The molecule has 15 heavy (non-hydrogen) atoms. The normalized spacial score (nSPS) is 27.5. The summed E-state index contributed by atoms with van der Waals surface area (Å²) >= 11 is 0. The van der Waals surface area contributed by atoms with Crippen LogP contribution in [0.1, 0.15) is 46.5 Å². The van der Waals surface area contributed by atoms with Crippen LogP contribution in [-0.4, -0.2) is 18.0 Å². The minimum atomic E-state index is -0.308. The summed E-state index contributed by atoms with van der Waals surface area (Å²) in [6.45, 7) is 6.68. The van der Waals surface area contributed by atoms with Gasteiger partial charge in [0.1, 0.15) is 0 Å². The SMILES string of the molecule is CC(C)(N)CNC(=O)[C@H]1CC[C@H](C)CC1. The minimum absolute atomic E-state index is 0.195. The summed E-state index contributed by atoms with van der Waals surface area (Å²) in [6.07, 6.45) is 4.45. The first-order valence-corrected chi connectivity index (χ1v) is 5.95. The molecule has 0 saturated heterocycles. The van der Waals surface area contributed by atoms with E-state index in [0.29, 0.717) is 6.54 Å². The number of amides is 1. The van der Waals surface area contributed by atoms with Gasteiger partial charge >= 0.3 is 0 Å². The van der Waals surface area contributed by atoms with Gasteiger partial charge in [0.05, 0.1) is 0 Å². The summed E-state index contributed by atoms with van der Waals surface area (Å²) in [5.74, 6) is 1.21. The molecule has 0 heterocycles. The molecule has 1 rings (SSSR count). The van der Waals surface area contributed by atoms with Crippen molar-refractivity contribution < 1.29 is 4.79 Å². The maximum absolute atomic E-state index is 11.8. The molecule has 0 aromatic heterocycles. The van der Waals surface area contributed by atoms with Crippen LogP contribution < -0.4 is 11.1 Å². The molecule has 0 unspecified atom stereocenters. The third-order valence-corrected chi connectivity index (χ3v) is 3.10. The maximum Gasteiger partial charge on any atom is 0.223 e. The fraction of sp³-hybridized carbons (Fsp3) is 0.917. The average Bonchev–Trinajstić information content (AvgIpc) is 2.14. The van der Waals surface area contributed by atoms with E-state index in [9.17, 15) is 4.79 Å². The Labute approximate surface area is 92.8 Å². The topological polar surface area (TPSA) is 55.1 Å². The first-order valence-electron chi connectivity index (χ1n) is 5.95. The van der Waals surface area contributed by atoms with Gasteiger partial charge in [0.2, 0.25) is 5.91 Å². The molecule has 0 radical (unpaired) electrons. The van der Waals surface area contributed by atoms with E-state index in [1.165, 1.54) is 12.8 Å². The molecule has 0 bridgehead atoms. The van der Waals surface area contributed by atoms with Crippen LogP contribution in [0, 0.1) is 11.8 Å². The van der Waals surface area contributed by atoms with E-state index in [1.807, 2.05) is 13.8 Å². The number of hydrogen-bond acceptors (Lipinski definition) is 2. The van der Waals surface area contributed by atoms with Crippen LogP contribution >= 0.6 is 0 Å². The number of hydrogen-bond donors (Lipinski definition) is 2. The Morgan fingerprint density at radius 2 is 1.87 bits per heavy atom. The molecule has 88 valence electrons. The summed E-state index contributed by atoms with van der Waals surface area (Å²) in [4.78, 5) is 11.8. The second-order valence-electron chi connectivity index (χ2n) is 5.66. The zero-order chi connectivity index (χ0) is 11.5. The largest absolute Gasteiger partial charge is 0.354 e. The lowest BCUT2D eigenvalue weighted by atomic mass is 9.82. The summed E-state index contributed by atoms with van der Waals surface area (Å²) in [7, 11) is 0. The zero-order valence-electron chi connectivity index (χ0n) is 10.2. The summed E-state index contributed by atoms with van der Waals surface area (Å²) in [5, 5.41) is 2.94. The second-order valence-corrected chi connectivity index (χ2v) is 5.66. The van der Waals surface area contributed by atoms with Crippen molar-refractivity contribution in [2.45, 2.75) is 52.0 Å². The van der Waals surface area contributed by atoms with Crippen LogP contribution in [-0.2, 0) is 4.79 Å². The van der Waals surface area contributed by atoms with Gasteiger partial charge in [-0.15, -0.1) is 0 Å². The van der Waals surface area contributed by atoms with E-state index < -0.39 is 0 Å². The van der Waals surface area contributed by atoms with Crippen molar-refractivity contribution in [2.24, 2.45) is 17.6 Å². The van der Waals surface area contributed by atoms with Crippen LogP contribution in [0.25, 0.3) is 0 Å². The Morgan fingerprint density at radius 3 is 2.33 bits per heavy atom. The number of nitrogens with one attached hydrogen (secondary N) is 1. The first-order chi connectivity index (χ1) is 6.88. The van der Waals surface area contributed by atoms with Crippen molar-refractivity contribution in [3.63, 3.8) is 0 Å². The lowest BCUT2D eigenvalue weighted by Gasteiger charge is -2.27. The maximum atomic E-state index is 11.8. The molecule has 0 spiro atoms. The van der Waals surface area contributed by atoms with Crippen LogP contribution in [0.2, 0.25) is 0 Å². The average molecular weight is 212 g/mol. The van der Waals surface area contributed by atoms with E-state index >= 15 is 0 Å². The highest BCUT2D eigenvalue weighted by atomic mass is 16.1. The van der Waals surface area contributed by atoms with Crippen LogP contribution in [0.3, 0.4) is 0 Å². The third kappa shape index (κ3) is 4.65. The van der Waals surface area contributed by atoms with Gasteiger partial charge in [-0.1, -0.05) is 6.92 Å². The van der Waals surface area contributed by atoms with E-state index in [-0.39, 0.29) is 17.4 Å². The number of nitrogens with two attached hydrogens (primary N) is 1. The third-order valence-electron chi connectivity index (χ3n) is 3.10. The molecule has 3 heteroatoms. The van der Waals surface area contributed by atoms with E-state index in [0.717, 1.165) is 18.8 Å². The monoisotopic (exact) mass is 212 g/mol. The highest BCUT2D eigenvalue weighted by Gasteiger charge is 2.24. The van der Waals surface area contributed by atoms with Crippen molar-refractivity contribution in [2.75, 3.05) is 6.54 Å². The molecule has 0 aliphatic heterocycles. The fourth-order valence-electron chi connectivity index (χ4n) is 1.98. The van der Waals surface area contributed by atoms with Gasteiger partial charge in [0.25, 0.3) is 0 Å². The lowest BCUT2D eigenvalue weighted by molar-refractivity contribution is -0.126. The predicted molar refractivity (Wildman–Crippen MR) is 62.4 cm³/mol. The molecule has 1 saturated carbocycles. The molecule has 3 N–H and O–H groups in total. The molecule has 1 fully saturated rings. The minimum Gasteiger partial charge on any atom is -0.354 e. The molecule has 1 amide bonds. The van der Waals surface area contributed by atoms with Gasteiger partial charge in [-0.05, 0) is 45.4 Å². The highest BCUT2D eigenvalue weighted by molar-refractivity contribution is 5.78. The van der Waals surface area contributed by atoms with Crippen LogP contribution in [0.4, 0.5) is 0 Å². The predicted octanol–water partition coefficient (Wildman–Crippen LogP) is 1.67. The van der Waals surface area contributed by atoms with Gasteiger partial charge < -0.3 is 11.1 Å². The molecule has 1 aliphatic rings. The molecule has 0 atom stereocenters. The molecular formula is C12H24N2O. The van der Waals surface area contributed by atoms with E-state index in [4.69, 9.17) is 5.73 Å². The Kier molecular flexibility index (Phi) is 4.14. The summed E-state index contributed by atoms with van der Waals surface area (Å²) in [6, 6.07) is 0. The number of carbonyl (C=O) groups is 1. The lowest BCUT2D eigenvalue weighted by Crippen LogP contribution is -2.46. The second kappa shape index (κ2) is 4.97. The summed E-state index contributed by atoms with van der Waals surface area (Å²) in [5.41, 5.74) is 5.51. The highest BCUT2D eigenvalue weighted by Crippen LogP contribution is 2.28. The van der Waals surface area contributed by atoms with Gasteiger partial charge in [-0.25, -0.2) is 0 Å². The standard InChI is InChI=1S/C12H24N2O/c1-9-4-6-10(7-5-9)11(15)14-8-12(2,3)13/h9-10H,4-8,13H2,1-3H3,(H,14,15)/t9-,10-. The van der Waals surface area contributed by atoms with Gasteiger partial charge in [0.15, 0.2) is 0 Å². The van der Waals surface area contributed by atoms with Crippen molar-refractivity contribution >= 4 is 5.91 Å². The fourth-order valence-corrected chi connectivity index (χ4v) is 1.98. The Morgan fingerprint density at radius 1 is 1.33 bits per heavy atom. The van der Waals surface area contributed by atoms with Gasteiger partial charge in [-0.2, -0.15) is 0 Å². The first kappa shape index (κ1) is 12.5. The molecule has 0 aromatic rings. The summed E-state index contributed by atoms with van der Waals surface area (Å²) < 4.78 is 0.